The van der Waals surface area contributed by atoms with E-state index >= 15 is 0 Å². The van der Waals surface area contributed by atoms with Gasteiger partial charge in [-0.25, -0.2) is 4.98 Å². The van der Waals surface area contributed by atoms with Crippen LogP contribution in [-0.2, 0) is 4.79 Å². The van der Waals surface area contributed by atoms with E-state index in [4.69, 9.17) is 9.47 Å². The molecule has 0 atom stereocenters. The number of benzene rings is 3. The zero-order chi connectivity index (χ0) is 22.6. The number of nitrogens with zero attached hydrogens (tertiary/aromatic N) is 2. The van der Waals surface area contributed by atoms with Crippen molar-refractivity contribution in [2.45, 2.75) is 5.03 Å². The van der Waals surface area contributed by atoms with Gasteiger partial charge in [0.15, 0.2) is 11.5 Å². The van der Waals surface area contributed by atoms with Crippen LogP contribution in [0.4, 0.5) is 5.69 Å². The number of amides is 1. The number of hydrogen-bond acceptors (Lipinski definition) is 6. The summed E-state index contributed by atoms with van der Waals surface area (Å²) in [5.74, 6) is 1.24. The number of nitriles is 1. The number of carbonyl (C=O) groups excluding carboxylic acids is 1. The number of pyridine rings is 1. The third-order valence-corrected chi connectivity index (χ3v) is 6.18. The van der Waals surface area contributed by atoms with Gasteiger partial charge in [-0.1, -0.05) is 60.3 Å². The number of thioether (sulfide) groups is 1. The van der Waals surface area contributed by atoms with Crippen molar-refractivity contribution >= 4 is 34.3 Å². The quantitative estimate of drug-likeness (QED) is 0.414. The smallest absolute Gasteiger partial charge is 0.234 e. The van der Waals surface area contributed by atoms with Gasteiger partial charge >= 0.3 is 0 Å². The number of para-hydroxylation sites is 1. The molecule has 162 valence electrons. The van der Waals surface area contributed by atoms with Crippen LogP contribution in [0.1, 0.15) is 5.56 Å². The lowest BCUT2D eigenvalue weighted by Crippen LogP contribution is -2.15. The summed E-state index contributed by atoms with van der Waals surface area (Å²) in [6, 6.07) is 25.2. The van der Waals surface area contributed by atoms with Crippen LogP contribution in [0.2, 0.25) is 0 Å². The van der Waals surface area contributed by atoms with E-state index in [2.05, 4.69) is 16.4 Å². The molecular weight excluding hydrogens is 434 g/mol. The molecule has 0 saturated carbocycles. The molecule has 1 aromatic heterocycles. The number of fused-ring (bicyclic) bond motifs is 2. The molecule has 0 saturated heterocycles. The highest BCUT2D eigenvalue weighted by atomic mass is 32.2. The van der Waals surface area contributed by atoms with E-state index in [1.807, 2.05) is 66.7 Å². The lowest BCUT2D eigenvalue weighted by Gasteiger charge is -2.19. The Bertz CT molecular complexity index is 1380. The zero-order valence-corrected chi connectivity index (χ0v) is 18.4. The molecule has 7 heteroatoms. The summed E-state index contributed by atoms with van der Waals surface area (Å²) in [5.41, 5.74) is 3.82. The Hall–Kier alpha value is -4.02. The van der Waals surface area contributed by atoms with Crippen LogP contribution in [0.15, 0.2) is 77.8 Å². The second-order valence-electron chi connectivity index (χ2n) is 7.39. The lowest BCUT2D eigenvalue weighted by atomic mass is 10.0. The molecule has 0 unspecified atom stereocenters. The number of nitrogens with one attached hydrogen (secondary N) is 1. The van der Waals surface area contributed by atoms with Crippen LogP contribution < -0.4 is 14.8 Å². The molecule has 3 aromatic carbocycles. The average molecular weight is 454 g/mol. The molecule has 1 N–H and O–H groups in total. The minimum atomic E-state index is -0.170. The first-order valence-corrected chi connectivity index (χ1v) is 11.4. The summed E-state index contributed by atoms with van der Waals surface area (Å²) >= 11 is 1.24. The Labute approximate surface area is 195 Å². The van der Waals surface area contributed by atoms with Gasteiger partial charge in [0, 0.05) is 22.7 Å². The Balaban J connectivity index is 1.35. The second kappa shape index (κ2) is 9.23. The third-order valence-electron chi connectivity index (χ3n) is 5.19. The lowest BCUT2D eigenvalue weighted by molar-refractivity contribution is -0.113. The van der Waals surface area contributed by atoms with E-state index in [0.717, 1.165) is 22.2 Å². The Morgan fingerprint density at radius 2 is 1.73 bits per heavy atom. The minimum absolute atomic E-state index is 0.126. The van der Waals surface area contributed by atoms with Crippen molar-refractivity contribution in [1.82, 2.24) is 4.98 Å². The van der Waals surface area contributed by atoms with Crippen LogP contribution in [-0.4, -0.2) is 29.9 Å². The molecule has 33 heavy (non-hydrogen) atoms. The van der Waals surface area contributed by atoms with Gasteiger partial charge in [-0.15, -0.1) is 0 Å². The maximum absolute atomic E-state index is 12.7. The fourth-order valence-electron chi connectivity index (χ4n) is 3.66. The predicted molar refractivity (Wildman–Crippen MR) is 129 cm³/mol. The molecule has 2 heterocycles. The van der Waals surface area contributed by atoms with Crippen LogP contribution >= 0.6 is 11.8 Å². The van der Waals surface area contributed by atoms with E-state index in [0.29, 0.717) is 40.8 Å². The molecule has 0 fully saturated rings. The minimum Gasteiger partial charge on any atom is -0.486 e. The molecule has 5 rings (SSSR count). The van der Waals surface area contributed by atoms with Crippen molar-refractivity contribution in [2.75, 3.05) is 24.3 Å². The highest BCUT2D eigenvalue weighted by molar-refractivity contribution is 8.00. The number of carbonyl (C=O) groups is 1. The van der Waals surface area contributed by atoms with Gasteiger partial charge in [-0.2, -0.15) is 5.26 Å². The van der Waals surface area contributed by atoms with E-state index < -0.39 is 0 Å². The zero-order valence-electron chi connectivity index (χ0n) is 17.6. The Kier molecular flexibility index (Phi) is 5.83. The van der Waals surface area contributed by atoms with Crippen molar-refractivity contribution in [1.29, 1.82) is 5.26 Å². The number of aromatic nitrogens is 1. The molecule has 0 bridgehead atoms. The highest BCUT2D eigenvalue weighted by Crippen LogP contribution is 2.36. The van der Waals surface area contributed by atoms with Gasteiger partial charge in [0.2, 0.25) is 5.91 Å². The topological polar surface area (TPSA) is 84.2 Å². The van der Waals surface area contributed by atoms with Gasteiger partial charge in [0.05, 0.1) is 16.8 Å². The molecule has 6 nitrogen and oxygen atoms in total. The summed E-state index contributed by atoms with van der Waals surface area (Å²) in [6.07, 6.45) is 0. The van der Waals surface area contributed by atoms with Gasteiger partial charge < -0.3 is 14.8 Å². The fourth-order valence-corrected chi connectivity index (χ4v) is 4.43. The van der Waals surface area contributed by atoms with Crippen molar-refractivity contribution in [3.8, 4) is 28.7 Å². The van der Waals surface area contributed by atoms with E-state index in [9.17, 15) is 10.1 Å². The first-order chi connectivity index (χ1) is 16.2. The molecule has 0 aliphatic carbocycles. The first-order valence-electron chi connectivity index (χ1n) is 10.4. The number of anilines is 1. The van der Waals surface area contributed by atoms with E-state index in [1.54, 1.807) is 6.07 Å². The van der Waals surface area contributed by atoms with Crippen molar-refractivity contribution < 1.29 is 14.3 Å². The van der Waals surface area contributed by atoms with E-state index in [1.165, 1.54) is 11.8 Å². The molecule has 1 amide bonds. The predicted octanol–water partition coefficient (Wildman–Crippen LogP) is 5.28. The highest BCUT2D eigenvalue weighted by Gasteiger charge is 2.16. The average Bonchev–Trinajstić information content (AvgIpc) is 2.86. The van der Waals surface area contributed by atoms with Crippen LogP contribution in [0.5, 0.6) is 11.5 Å². The summed E-state index contributed by atoms with van der Waals surface area (Å²) in [4.78, 5) is 17.4. The van der Waals surface area contributed by atoms with Crippen LogP contribution in [0.25, 0.3) is 22.0 Å². The first kappa shape index (κ1) is 20.9. The maximum atomic E-state index is 12.7. The Morgan fingerprint density at radius 3 is 2.52 bits per heavy atom. The standard InChI is InChI=1S/C26H19N3O3S/c27-15-19-12-18-13-23-24(32-11-10-31-23)14-22(18)29-26(19)33-16-25(30)28-21-9-5-4-8-20(21)17-6-2-1-3-7-17/h1-9,12-14H,10-11,16H2,(H,28,30). The van der Waals surface area contributed by atoms with Crippen molar-refractivity contribution in [3.63, 3.8) is 0 Å². The van der Waals surface area contributed by atoms with Gasteiger partial charge in [-0.3, -0.25) is 4.79 Å². The largest absolute Gasteiger partial charge is 0.486 e. The molecule has 0 spiro atoms. The number of hydrogen-bond donors (Lipinski definition) is 1. The monoisotopic (exact) mass is 453 g/mol. The summed E-state index contributed by atoms with van der Waals surface area (Å²) < 4.78 is 11.3. The molecular formula is C26H19N3O3S. The normalized spacial score (nSPS) is 12.2. The second-order valence-corrected chi connectivity index (χ2v) is 8.35. The summed E-state index contributed by atoms with van der Waals surface area (Å²) in [7, 11) is 0. The van der Waals surface area contributed by atoms with Gasteiger partial charge in [-0.05, 0) is 23.8 Å². The number of rotatable bonds is 5. The van der Waals surface area contributed by atoms with Crippen LogP contribution in [0, 0.1) is 11.3 Å². The molecule has 0 radical (unpaired) electrons. The van der Waals surface area contributed by atoms with Gasteiger partial charge in [0.1, 0.15) is 24.3 Å². The van der Waals surface area contributed by atoms with Crippen molar-refractivity contribution in [2.24, 2.45) is 0 Å². The maximum Gasteiger partial charge on any atom is 0.234 e. The van der Waals surface area contributed by atoms with Crippen LogP contribution in [0.3, 0.4) is 0 Å². The Morgan fingerprint density at radius 1 is 1.00 bits per heavy atom. The van der Waals surface area contributed by atoms with E-state index in [-0.39, 0.29) is 11.7 Å². The summed E-state index contributed by atoms with van der Waals surface area (Å²) in [6.45, 7) is 0.981. The van der Waals surface area contributed by atoms with Crippen molar-refractivity contribution in [3.05, 3.63) is 78.4 Å². The number of ether oxygens (including phenoxy) is 2. The molecule has 4 aromatic rings. The fraction of sp³-hybridized carbons (Fsp3) is 0.115. The van der Waals surface area contributed by atoms with Gasteiger partial charge in [0.25, 0.3) is 0 Å². The molecule has 1 aliphatic heterocycles. The third kappa shape index (κ3) is 4.47. The summed E-state index contributed by atoms with van der Waals surface area (Å²) in [5, 5.41) is 13.9. The molecule has 1 aliphatic rings. The SMILES string of the molecule is N#Cc1cc2cc3c(cc2nc1SCC(=O)Nc1ccccc1-c1ccccc1)OCCO3.